The van der Waals surface area contributed by atoms with E-state index in [1.165, 1.54) is 7.11 Å². The fourth-order valence-electron chi connectivity index (χ4n) is 2.38. The van der Waals surface area contributed by atoms with Crippen LogP contribution in [0.3, 0.4) is 0 Å². The molecule has 0 saturated heterocycles. The maximum Gasteiger partial charge on any atom is 0.411 e. The average molecular weight is 356 g/mol. The van der Waals surface area contributed by atoms with Crippen LogP contribution in [0.15, 0.2) is 48.5 Å². The van der Waals surface area contributed by atoms with Gasteiger partial charge in [-0.15, -0.1) is 0 Å². The quantitative estimate of drug-likeness (QED) is 0.842. The first-order valence-corrected chi connectivity index (χ1v) is 8.27. The lowest BCUT2D eigenvalue weighted by Crippen LogP contribution is -2.23. The molecule has 2 aromatic rings. The van der Waals surface area contributed by atoms with Crippen molar-refractivity contribution in [1.82, 2.24) is 0 Å². The van der Waals surface area contributed by atoms with Gasteiger partial charge in [0.1, 0.15) is 5.75 Å². The SMILES string of the molecule is COC(=O)Nc1ccc(OCC(=O)Nc2ccccc2C(C)(C)C)cc1. The van der Waals surface area contributed by atoms with Crippen LogP contribution in [0.4, 0.5) is 16.2 Å². The molecule has 0 bridgehead atoms. The Hall–Kier alpha value is -3.02. The molecule has 138 valence electrons. The van der Waals surface area contributed by atoms with E-state index >= 15 is 0 Å². The highest BCUT2D eigenvalue weighted by Gasteiger charge is 2.18. The van der Waals surface area contributed by atoms with Gasteiger partial charge in [-0.1, -0.05) is 39.0 Å². The molecule has 6 heteroatoms. The molecule has 0 fully saturated rings. The van der Waals surface area contributed by atoms with E-state index in [4.69, 9.17) is 4.74 Å². The number of carbonyl (C=O) groups excluding carboxylic acids is 2. The molecule has 0 saturated carbocycles. The Bertz CT molecular complexity index is 764. The molecule has 0 aliphatic heterocycles. The van der Waals surface area contributed by atoms with E-state index in [0.29, 0.717) is 11.4 Å². The van der Waals surface area contributed by atoms with E-state index in [1.54, 1.807) is 24.3 Å². The fraction of sp³-hybridized carbons (Fsp3) is 0.300. The summed E-state index contributed by atoms with van der Waals surface area (Å²) in [6, 6.07) is 14.4. The molecule has 0 spiro atoms. The second-order valence-corrected chi connectivity index (χ2v) is 6.77. The molecule has 0 aliphatic carbocycles. The summed E-state index contributed by atoms with van der Waals surface area (Å²) in [5.74, 6) is 0.290. The number of benzene rings is 2. The number of hydrogen-bond acceptors (Lipinski definition) is 4. The Morgan fingerprint density at radius 2 is 1.62 bits per heavy atom. The van der Waals surface area contributed by atoms with Crippen LogP contribution in [-0.2, 0) is 14.9 Å². The van der Waals surface area contributed by atoms with Crippen molar-refractivity contribution in [1.29, 1.82) is 0 Å². The highest BCUT2D eigenvalue weighted by molar-refractivity contribution is 5.92. The lowest BCUT2D eigenvalue weighted by atomic mass is 9.86. The summed E-state index contributed by atoms with van der Waals surface area (Å²) in [6.07, 6.45) is -0.546. The van der Waals surface area contributed by atoms with Gasteiger partial charge in [0.2, 0.25) is 0 Å². The molecule has 2 rings (SSSR count). The van der Waals surface area contributed by atoms with E-state index in [1.807, 2.05) is 24.3 Å². The van der Waals surface area contributed by atoms with Gasteiger partial charge >= 0.3 is 6.09 Å². The first-order chi connectivity index (χ1) is 12.3. The van der Waals surface area contributed by atoms with Gasteiger partial charge in [0.25, 0.3) is 5.91 Å². The van der Waals surface area contributed by atoms with Gasteiger partial charge in [0, 0.05) is 11.4 Å². The average Bonchev–Trinajstić information content (AvgIpc) is 2.60. The number of nitrogens with one attached hydrogen (secondary N) is 2. The van der Waals surface area contributed by atoms with Gasteiger partial charge in [0.15, 0.2) is 6.61 Å². The van der Waals surface area contributed by atoms with Crippen LogP contribution in [0, 0.1) is 0 Å². The standard InChI is InChI=1S/C20H24N2O4/c1-20(2,3)16-7-5-6-8-17(16)22-18(23)13-26-15-11-9-14(10-12-15)21-19(24)25-4/h5-12H,13H2,1-4H3,(H,21,24)(H,22,23). The van der Waals surface area contributed by atoms with Crippen LogP contribution >= 0.6 is 0 Å². The molecule has 2 aromatic carbocycles. The predicted octanol–water partition coefficient (Wildman–Crippen LogP) is 4.18. The van der Waals surface area contributed by atoms with Crippen molar-refractivity contribution < 1.29 is 19.1 Å². The van der Waals surface area contributed by atoms with Crippen LogP contribution in [0.1, 0.15) is 26.3 Å². The zero-order valence-corrected chi connectivity index (χ0v) is 15.5. The highest BCUT2D eigenvalue weighted by Crippen LogP contribution is 2.29. The summed E-state index contributed by atoms with van der Waals surface area (Å²) in [5, 5.41) is 5.44. The number of anilines is 2. The number of amides is 2. The minimum absolute atomic E-state index is 0.0762. The van der Waals surface area contributed by atoms with E-state index in [0.717, 1.165) is 11.3 Å². The highest BCUT2D eigenvalue weighted by atomic mass is 16.5. The van der Waals surface area contributed by atoms with E-state index < -0.39 is 6.09 Å². The van der Waals surface area contributed by atoms with Crippen LogP contribution < -0.4 is 15.4 Å². The third-order valence-electron chi connectivity index (χ3n) is 3.67. The molecule has 0 aliphatic rings. The third-order valence-corrected chi connectivity index (χ3v) is 3.67. The van der Waals surface area contributed by atoms with E-state index in [-0.39, 0.29) is 17.9 Å². The Labute approximate surface area is 153 Å². The minimum Gasteiger partial charge on any atom is -0.484 e. The largest absolute Gasteiger partial charge is 0.484 e. The Morgan fingerprint density at radius 1 is 0.962 bits per heavy atom. The van der Waals surface area contributed by atoms with Crippen molar-refractivity contribution >= 4 is 23.4 Å². The smallest absolute Gasteiger partial charge is 0.411 e. The van der Waals surface area contributed by atoms with Crippen LogP contribution in [0.25, 0.3) is 0 Å². The molecule has 0 atom stereocenters. The molecular formula is C20H24N2O4. The Kier molecular flexibility index (Phi) is 6.22. The maximum absolute atomic E-state index is 12.2. The maximum atomic E-state index is 12.2. The summed E-state index contributed by atoms with van der Waals surface area (Å²) in [5.41, 5.74) is 2.35. The van der Waals surface area contributed by atoms with Crippen LogP contribution in [0.5, 0.6) is 5.75 Å². The lowest BCUT2D eigenvalue weighted by molar-refractivity contribution is -0.118. The van der Waals surface area contributed by atoms with Crippen molar-refractivity contribution in [3.63, 3.8) is 0 Å². The number of para-hydroxylation sites is 1. The summed E-state index contributed by atoms with van der Waals surface area (Å²) < 4.78 is 10.0. The molecule has 0 aromatic heterocycles. The zero-order valence-electron chi connectivity index (χ0n) is 15.5. The van der Waals surface area contributed by atoms with E-state index in [9.17, 15) is 9.59 Å². The summed E-state index contributed by atoms with van der Waals surface area (Å²) >= 11 is 0. The number of ether oxygens (including phenoxy) is 2. The summed E-state index contributed by atoms with van der Waals surface area (Å²) in [6.45, 7) is 6.18. The monoisotopic (exact) mass is 356 g/mol. The molecule has 0 heterocycles. The van der Waals surface area contributed by atoms with E-state index in [2.05, 4.69) is 36.1 Å². The summed E-state index contributed by atoms with van der Waals surface area (Å²) in [4.78, 5) is 23.3. The van der Waals surface area contributed by atoms with Crippen LogP contribution in [0.2, 0.25) is 0 Å². The van der Waals surface area contributed by atoms with Crippen molar-refractivity contribution in [3.05, 3.63) is 54.1 Å². The lowest BCUT2D eigenvalue weighted by Gasteiger charge is -2.23. The number of carbonyl (C=O) groups is 2. The van der Waals surface area contributed by atoms with Crippen molar-refractivity contribution in [3.8, 4) is 5.75 Å². The number of methoxy groups -OCH3 is 1. The van der Waals surface area contributed by atoms with Crippen molar-refractivity contribution in [2.24, 2.45) is 0 Å². The molecule has 2 amide bonds. The van der Waals surface area contributed by atoms with Gasteiger partial charge in [0.05, 0.1) is 7.11 Å². The third kappa shape index (κ3) is 5.51. The van der Waals surface area contributed by atoms with Gasteiger partial charge in [-0.3, -0.25) is 10.1 Å². The van der Waals surface area contributed by atoms with Gasteiger partial charge < -0.3 is 14.8 Å². The number of rotatable bonds is 5. The molecule has 0 unspecified atom stereocenters. The molecule has 0 radical (unpaired) electrons. The van der Waals surface area contributed by atoms with Crippen molar-refractivity contribution in [2.45, 2.75) is 26.2 Å². The Morgan fingerprint density at radius 3 is 2.23 bits per heavy atom. The van der Waals surface area contributed by atoms with Gasteiger partial charge in [-0.05, 0) is 41.3 Å². The Balaban J connectivity index is 1.93. The second kappa shape index (κ2) is 8.38. The minimum atomic E-state index is -0.546. The molecule has 6 nitrogen and oxygen atoms in total. The predicted molar refractivity (Wildman–Crippen MR) is 102 cm³/mol. The van der Waals surface area contributed by atoms with Crippen molar-refractivity contribution in [2.75, 3.05) is 24.4 Å². The molecular weight excluding hydrogens is 332 g/mol. The topological polar surface area (TPSA) is 76.7 Å². The molecule has 26 heavy (non-hydrogen) atoms. The summed E-state index contributed by atoms with van der Waals surface area (Å²) in [7, 11) is 1.29. The first kappa shape index (κ1) is 19.3. The fourth-order valence-corrected chi connectivity index (χ4v) is 2.38. The first-order valence-electron chi connectivity index (χ1n) is 8.27. The van der Waals surface area contributed by atoms with Crippen LogP contribution in [-0.4, -0.2) is 25.7 Å². The second-order valence-electron chi connectivity index (χ2n) is 6.77. The molecule has 2 N–H and O–H groups in total. The zero-order chi connectivity index (χ0) is 19.2. The van der Waals surface area contributed by atoms with Gasteiger partial charge in [-0.25, -0.2) is 4.79 Å². The van der Waals surface area contributed by atoms with Gasteiger partial charge in [-0.2, -0.15) is 0 Å². The number of hydrogen-bond donors (Lipinski definition) is 2. The normalized spacial score (nSPS) is 10.8.